The Morgan fingerprint density at radius 2 is 2.08 bits per heavy atom. The third kappa shape index (κ3) is 4.05. The standard InChI is InChI=1S/C16H18IN3O4/c1-4-7-24-15-11(17)8-10(9-12(15)22-5-2)13-14(19-20-18-13)16(21)23-6-3/h4,8-9H,1,5-7H2,2-3H3,(H,18,19,20). The van der Waals surface area contributed by atoms with E-state index in [-0.39, 0.29) is 12.3 Å². The van der Waals surface area contributed by atoms with Crippen LogP contribution >= 0.6 is 22.6 Å². The van der Waals surface area contributed by atoms with Crippen molar-refractivity contribution in [2.75, 3.05) is 19.8 Å². The smallest absolute Gasteiger partial charge is 0.361 e. The van der Waals surface area contributed by atoms with Gasteiger partial charge in [-0.15, -0.1) is 5.10 Å². The van der Waals surface area contributed by atoms with E-state index in [1.807, 2.05) is 13.0 Å². The maximum Gasteiger partial charge on any atom is 0.361 e. The molecule has 1 aromatic heterocycles. The molecule has 7 nitrogen and oxygen atoms in total. The maximum atomic E-state index is 12.0. The van der Waals surface area contributed by atoms with Crippen LogP contribution in [-0.2, 0) is 4.74 Å². The number of aromatic amines is 1. The predicted octanol–water partition coefficient (Wildman–Crippen LogP) is 3.22. The average Bonchev–Trinajstić information content (AvgIpc) is 3.04. The Kier molecular flexibility index (Phi) is 6.59. The molecule has 0 atom stereocenters. The molecule has 0 amide bonds. The van der Waals surface area contributed by atoms with Crippen molar-refractivity contribution in [1.82, 2.24) is 15.4 Å². The fraction of sp³-hybridized carbons (Fsp3) is 0.312. The minimum Gasteiger partial charge on any atom is -0.490 e. The van der Waals surface area contributed by atoms with Crippen LogP contribution in [0.5, 0.6) is 11.5 Å². The number of esters is 1. The van der Waals surface area contributed by atoms with Gasteiger partial charge in [-0.3, -0.25) is 0 Å². The molecule has 0 aliphatic heterocycles. The Bertz CT molecular complexity index is 730. The highest BCUT2D eigenvalue weighted by atomic mass is 127. The molecule has 0 unspecified atom stereocenters. The Morgan fingerprint density at radius 1 is 1.29 bits per heavy atom. The van der Waals surface area contributed by atoms with Crippen LogP contribution < -0.4 is 9.47 Å². The number of carbonyl (C=O) groups excluding carboxylic acids is 1. The Hall–Kier alpha value is -2.10. The molecule has 2 aromatic rings. The summed E-state index contributed by atoms with van der Waals surface area (Å²) in [6.07, 6.45) is 1.66. The number of nitrogens with zero attached hydrogens (tertiary/aromatic N) is 2. The molecule has 128 valence electrons. The van der Waals surface area contributed by atoms with Gasteiger partial charge in [-0.25, -0.2) is 4.79 Å². The monoisotopic (exact) mass is 443 g/mol. The largest absolute Gasteiger partial charge is 0.490 e. The minimum atomic E-state index is -0.527. The molecule has 2 rings (SSSR count). The van der Waals surface area contributed by atoms with Crippen molar-refractivity contribution < 1.29 is 19.0 Å². The molecule has 1 heterocycles. The van der Waals surface area contributed by atoms with Gasteiger partial charge >= 0.3 is 5.97 Å². The summed E-state index contributed by atoms with van der Waals surface area (Å²) in [6.45, 7) is 8.38. The van der Waals surface area contributed by atoms with E-state index in [0.29, 0.717) is 36.0 Å². The van der Waals surface area contributed by atoms with Gasteiger partial charge in [-0.05, 0) is 48.6 Å². The first kappa shape index (κ1) is 18.2. The van der Waals surface area contributed by atoms with Crippen LogP contribution in [-0.4, -0.2) is 41.2 Å². The second-order valence-electron chi connectivity index (χ2n) is 4.56. The van der Waals surface area contributed by atoms with E-state index in [9.17, 15) is 4.79 Å². The summed E-state index contributed by atoms with van der Waals surface area (Å²) >= 11 is 2.15. The van der Waals surface area contributed by atoms with Gasteiger partial charge in [0.1, 0.15) is 12.3 Å². The lowest BCUT2D eigenvalue weighted by Crippen LogP contribution is -2.07. The van der Waals surface area contributed by atoms with Crippen LogP contribution in [0.1, 0.15) is 24.3 Å². The molecular formula is C16H18IN3O4. The maximum absolute atomic E-state index is 12.0. The molecule has 24 heavy (non-hydrogen) atoms. The van der Waals surface area contributed by atoms with Crippen molar-refractivity contribution in [1.29, 1.82) is 0 Å². The SMILES string of the molecule is C=CCOc1c(I)cc(-c2n[nH]nc2C(=O)OCC)cc1OCC. The van der Waals surface area contributed by atoms with Crippen molar-refractivity contribution in [3.8, 4) is 22.8 Å². The van der Waals surface area contributed by atoms with Crippen molar-refractivity contribution in [2.24, 2.45) is 0 Å². The number of halogens is 1. The zero-order chi connectivity index (χ0) is 17.5. The van der Waals surface area contributed by atoms with Crippen LogP contribution in [0.25, 0.3) is 11.3 Å². The Morgan fingerprint density at radius 3 is 2.75 bits per heavy atom. The molecular weight excluding hydrogens is 425 g/mol. The summed E-state index contributed by atoms with van der Waals surface area (Å²) in [6, 6.07) is 3.62. The summed E-state index contributed by atoms with van der Waals surface area (Å²) < 4.78 is 17.2. The average molecular weight is 443 g/mol. The van der Waals surface area contributed by atoms with Gasteiger partial charge in [-0.2, -0.15) is 10.3 Å². The van der Waals surface area contributed by atoms with E-state index < -0.39 is 5.97 Å². The summed E-state index contributed by atoms with van der Waals surface area (Å²) in [5.41, 5.74) is 1.23. The first-order valence-electron chi connectivity index (χ1n) is 7.40. The van der Waals surface area contributed by atoms with Gasteiger partial charge in [0.25, 0.3) is 0 Å². The van der Waals surface area contributed by atoms with Gasteiger partial charge in [0, 0.05) is 5.56 Å². The zero-order valence-corrected chi connectivity index (χ0v) is 15.6. The molecule has 0 aliphatic carbocycles. The number of nitrogens with one attached hydrogen (secondary N) is 1. The van der Waals surface area contributed by atoms with Gasteiger partial charge in [0.15, 0.2) is 17.2 Å². The minimum absolute atomic E-state index is 0.134. The number of benzene rings is 1. The molecule has 1 aromatic carbocycles. The van der Waals surface area contributed by atoms with Crippen molar-refractivity contribution in [3.05, 3.63) is 34.1 Å². The molecule has 0 radical (unpaired) electrons. The normalized spacial score (nSPS) is 10.3. The van der Waals surface area contributed by atoms with Crippen LogP contribution in [0, 0.1) is 3.57 Å². The summed E-state index contributed by atoms with van der Waals surface area (Å²) in [5.74, 6) is 0.669. The van der Waals surface area contributed by atoms with Crippen LogP contribution in [0.4, 0.5) is 0 Å². The van der Waals surface area contributed by atoms with Crippen molar-refractivity contribution in [3.63, 3.8) is 0 Å². The molecule has 0 bridgehead atoms. The molecule has 0 spiro atoms. The van der Waals surface area contributed by atoms with Crippen LogP contribution in [0.15, 0.2) is 24.8 Å². The van der Waals surface area contributed by atoms with E-state index in [2.05, 4.69) is 44.6 Å². The van der Waals surface area contributed by atoms with Crippen molar-refractivity contribution in [2.45, 2.75) is 13.8 Å². The molecule has 1 N–H and O–H groups in total. The fourth-order valence-corrected chi connectivity index (χ4v) is 2.78. The first-order chi connectivity index (χ1) is 11.6. The number of hydrogen-bond donors (Lipinski definition) is 1. The van der Waals surface area contributed by atoms with E-state index in [0.717, 1.165) is 3.57 Å². The predicted molar refractivity (Wildman–Crippen MR) is 97.4 cm³/mol. The van der Waals surface area contributed by atoms with Crippen LogP contribution in [0.3, 0.4) is 0 Å². The lowest BCUT2D eigenvalue weighted by Gasteiger charge is -2.14. The third-order valence-corrected chi connectivity index (χ3v) is 3.75. The zero-order valence-electron chi connectivity index (χ0n) is 13.5. The van der Waals surface area contributed by atoms with E-state index in [4.69, 9.17) is 14.2 Å². The van der Waals surface area contributed by atoms with E-state index >= 15 is 0 Å². The number of hydrogen-bond acceptors (Lipinski definition) is 6. The summed E-state index contributed by atoms with van der Waals surface area (Å²) in [4.78, 5) is 12.0. The quantitative estimate of drug-likeness (QED) is 0.383. The van der Waals surface area contributed by atoms with Gasteiger partial charge < -0.3 is 14.2 Å². The third-order valence-electron chi connectivity index (χ3n) is 2.95. The number of aromatic nitrogens is 3. The van der Waals surface area contributed by atoms with Crippen molar-refractivity contribution >= 4 is 28.6 Å². The second kappa shape index (κ2) is 8.67. The number of rotatable bonds is 8. The molecule has 0 aliphatic rings. The van der Waals surface area contributed by atoms with Gasteiger partial charge in [0.05, 0.1) is 16.8 Å². The van der Waals surface area contributed by atoms with Gasteiger partial charge in [0.2, 0.25) is 0 Å². The summed E-state index contributed by atoms with van der Waals surface area (Å²) in [7, 11) is 0. The second-order valence-corrected chi connectivity index (χ2v) is 5.72. The lowest BCUT2D eigenvalue weighted by molar-refractivity contribution is 0.0520. The van der Waals surface area contributed by atoms with Crippen LogP contribution in [0.2, 0.25) is 0 Å². The number of carbonyl (C=O) groups is 1. The highest BCUT2D eigenvalue weighted by Crippen LogP contribution is 2.37. The molecule has 8 heteroatoms. The Labute approximate surface area is 153 Å². The lowest BCUT2D eigenvalue weighted by atomic mass is 10.1. The topological polar surface area (TPSA) is 86.3 Å². The van der Waals surface area contributed by atoms with Gasteiger partial charge in [-0.1, -0.05) is 12.7 Å². The molecule has 0 saturated heterocycles. The van der Waals surface area contributed by atoms with E-state index in [1.165, 1.54) is 0 Å². The highest BCUT2D eigenvalue weighted by molar-refractivity contribution is 14.1. The summed E-state index contributed by atoms with van der Waals surface area (Å²) in [5, 5.41) is 10.4. The highest BCUT2D eigenvalue weighted by Gasteiger charge is 2.22. The van der Waals surface area contributed by atoms with E-state index in [1.54, 1.807) is 19.1 Å². The molecule has 0 saturated carbocycles. The fourth-order valence-electron chi connectivity index (χ4n) is 2.02. The first-order valence-corrected chi connectivity index (χ1v) is 8.48. The Balaban J connectivity index is 2.47. The number of H-pyrrole nitrogens is 1. The molecule has 0 fully saturated rings. The number of ether oxygens (including phenoxy) is 3.